The van der Waals surface area contributed by atoms with Gasteiger partial charge >= 0.3 is 5.97 Å². The molecule has 2 aromatic carbocycles. The summed E-state index contributed by atoms with van der Waals surface area (Å²) in [6.07, 6.45) is -0.747. The second kappa shape index (κ2) is 8.43. The Bertz CT molecular complexity index is 952. The number of benzene rings is 2. The Balaban J connectivity index is 1.76. The monoisotopic (exact) mass is 384 g/mol. The molecule has 3 aromatic rings. The first kappa shape index (κ1) is 19.2. The van der Waals surface area contributed by atoms with Crippen molar-refractivity contribution in [1.29, 1.82) is 0 Å². The number of para-hydroxylation sites is 1. The molecule has 0 N–H and O–H groups in total. The quantitative estimate of drug-likeness (QED) is 0.570. The van der Waals surface area contributed by atoms with Crippen LogP contribution in [0.5, 0.6) is 17.2 Å². The van der Waals surface area contributed by atoms with Crippen LogP contribution in [0.2, 0.25) is 0 Å². The van der Waals surface area contributed by atoms with Crippen molar-refractivity contribution < 1.29 is 28.2 Å². The van der Waals surface area contributed by atoms with Crippen LogP contribution in [0.4, 0.5) is 0 Å². The average molecular weight is 384 g/mol. The van der Waals surface area contributed by atoms with Crippen LogP contribution in [-0.4, -0.2) is 37.5 Å². The van der Waals surface area contributed by atoms with E-state index in [1.165, 1.54) is 14.2 Å². The Morgan fingerprint density at radius 1 is 0.964 bits per heavy atom. The molecule has 0 unspecified atom stereocenters. The van der Waals surface area contributed by atoms with Gasteiger partial charge in [-0.15, -0.1) is 10.2 Å². The molecule has 1 atom stereocenters. The molecule has 0 aliphatic heterocycles. The summed E-state index contributed by atoms with van der Waals surface area (Å²) in [6.45, 7) is 1.65. The van der Waals surface area contributed by atoms with Crippen LogP contribution < -0.4 is 14.2 Å². The van der Waals surface area contributed by atoms with E-state index < -0.39 is 12.1 Å². The third-order valence-electron chi connectivity index (χ3n) is 4.03. The number of nitrogens with zero attached hydrogens (tertiary/aromatic N) is 2. The van der Waals surface area contributed by atoms with Gasteiger partial charge in [0, 0.05) is 5.56 Å². The summed E-state index contributed by atoms with van der Waals surface area (Å²) < 4.78 is 26.7. The van der Waals surface area contributed by atoms with E-state index in [2.05, 4.69) is 10.2 Å². The molecule has 1 heterocycles. The molecule has 0 saturated heterocycles. The van der Waals surface area contributed by atoms with Crippen LogP contribution in [0.25, 0.3) is 11.5 Å². The van der Waals surface area contributed by atoms with Gasteiger partial charge in [0.05, 0.1) is 21.3 Å². The number of hydrogen-bond donors (Lipinski definition) is 0. The average Bonchev–Trinajstić information content (AvgIpc) is 3.23. The van der Waals surface area contributed by atoms with E-state index in [1.807, 2.05) is 0 Å². The van der Waals surface area contributed by atoms with Gasteiger partial charge in [-0.1, -0.05) is 6.07 Å². The highest BCUT2D eigenvalue weighted by Crippen LogP contribution is 2.32. The molecule has 0 saturated carbocycles. The topological polar surface area (TPSA) is 92.9 Å². The Hall–Kier alpha value is -3.55. The summed E-state index contributed by atoms with van der Waals surface area (Å²) in [5.41, 5.74) is 0.969. The van der Waals surface area contributed by atoms with E-state index in [1.54, 1.807) is 56.5 Å². The van der Waals surface area contributed by atoms with Gasteiger partial charge < -0.3 is 23.4 Å². The maximum Gasteiger partial charge on any atom is 0.342 e. The van der Waals surface area contributed by atoms with Crippen molar-refractivity contribution in [2.24, 2.45) is 0 Å². The van der Waals surface area contributed by atoms with E-state index >= 15 is 0 Å². The highest BCUT2D eigenvalue weighted by atomic mass is 16.6. The van der Waals surface area contributed by atoms with E-state index in [0.29, 0.717) is 17.4 Å². The summed E-state index contributed by atoms with van der Waals surface area (Å²) >= 11 is 0. The zero-order chi connectivity index (χ0) is 20.1. The Morgan fingerprint density at radius 2 is 1.71 bits per heavy atom. The third-order valence-corrected chi connectivity index (χ3v) is 4.03. The highest BCUT2D eigenvalue weighted by molar-refractivity contribution is 5.93. The second-order valence-electron chi connectivity index (χ2n) is 5.76. The zero-order valence-corrected chi connectivity index (χ0v) is 16.0. The normalized spacial score (nSPS) is 11.6. The number of ether oxygens (including phenoxy) is 4. The van der Waals surface area contributed by atoms with Crippen LogP contribution in [-0.2, 0) is 4.74 Å². The minimum Gasteiger partial charge on any atom is -0.497 e. The Morgan fingerprint density at radius 3 is 2.36 bits per heavy atom. The number of methoxy groups -OCH3 is 3. The van der Waals surface area contributed by atoms with Crippen molar-refractivity contribution in [3.05, 3.63) is 53.9 Å². The molecular formula is C20H20N2O6. The van der Waals surface area contributed by atoms with Crippen LogP contribution in [0.1, 0.15) is 29.3 Å². The first-order chi connectivity index (χ1) is 13.6. The number of esters is 1. The first-order valence-corrected chi connectivity index (χ1v) is 8.47. The van der Waals surface area contributed by atoms with E-state index in [9.17, 15) is 4.79 Å². The van der Waals surface area contributed by atoms with Crippen LogP contribution >= 0.6 is 0 Å². The fourth-order valence-electron chi connectivity index (χ4n) is 2.57. The van der Waals surface area contributed by atoms with Gasteiger partial charge in [-0.05, 0) is 43.3 Å². The van der Waals surface area contributed by atoms with Gasteiger partial charge in [-0.2, -0.15) is 0 Å². The van der Waals surface area contributed by atoms with Gasteiger partial charge in [0.15, 0.2) is 17.6 Å². The smallest absolute Gasteiger partial charge is 0.342 e. The lowest BCUT2D eigenvalue weighted by Gasteiger charge is -2.13. The number of hydrogen-bond acceptors (Lipinski definition) is 8. The SMILES string of the molecule is COc1ccc(-c2nnc([C@H](C)OC(=O)c3cccc(OC)c3OC)o2)cc1. The van der Waals surface area contributed by atoms with E-state index in [4.69, 9.17) is 23.4 Å². The molecule has 3 rings (SSSR count). The highest BCUT2D eigenvalue weighted by Gasteiger charge is 2.23. The molecular weight excluding hydrogens is 364 g/mol. The van der Waals surface area contributed by atoms with Gasteiger partial charge in [0.25, 0.3) is 5.89 Å². The summed E-state index contributed by atoms with van der Waals surface area (Å²) in [5, 5.41) is 7.99. The summed E-state index contributed by atoms with van der Waals surface area (Å²) in [5.74, 6) is 1.36. The maximum absolute atomic E-state index is 12.6. The molecule has 8 heteroatoms. The summed E-state index contributed by atoms with van der Waals surface area (Å²) in [7, 11) is 4.54. The summed E-state index contributed by atoms with van der Waals surface area (Å²) in [4.78, 5) is 12.6. The van der Waals surface area contributed by atoms with Crippen molar-refractivity contribution in [3.8, 4) is 28.7 Å². The predicted molar refractivity (Wildman–Crippen MR) is 99.7 cm³/mol. The molecule has 1 aromatic heterocycles. The van der Waals surface area contributed by atoms with Crippen LogP contribution in [0, 0.1) is 0 Å². The molecule has 0 amide bonds. The Kier molecular flexibility index (Phi) is 5.78. The largest absolute Gasteiger partial charge is 0.497 e. The molecule has 8 nitrogen and oxygen atoms in total. The summed E-state index contributed by atoms with van der Waals surface area (Å²) in [6, 6.07) is 12.1. The lowest BCUT2D eigenvalue weighted by Crippen LogP contribution is -2.11. The number of aromatic nitrogens is 2. The molecule has 28 heavy (non-hydrogen) atoms. The molecule has 0 aliphatic carbocycles. The molecule has 0 bridgehead atoms. The number of carbonyl (C=O) groups excluding carboxylic acids is 1. The van der Waals surface area contributed by atoms with Gasteiger partial charge in [-0.25, -0.2) is 4.79 Å². The Labute approximate surface area is 162 Å². The van der Waals surface area contributed by atoms with Gasteiger partial charge in [0.2, 0.25) is 5.89 Å². The van der Waals surface area contributed by atoms with Crippen molar-refractivity contribution in [2.75, 3.05) is 21.3 Å². The van der Waals surface area contributed by atoms with E-state index in [0.717, 1.165) is 11.3 Å². The fraction of sp³-hybridized carbons (Fsp3) is 0.250. The molecule has 0 aliphatic rings. The van der Waals surface area contributed by atoms with Gasteiger partial charge in [0.1, 0.15) is 11.3 Å². The molecule has 0 spiro atoms. The molecule has 146 valence electrons. The van der Waals surface area contributed by atoms with Crippen molar-refractivity contribution in [2.45, 2.75) is 13.0 Å². The lowest BCUT2D eigenvalue weighted by molar-refractivity contribution is 0.0276. The van der Waals surface area contributed by atoms with Crippen molar-refractivity contribution >= 4 is 5.97 Å². The van der Waals surface area contributed by atoms with Gasteiger partial charge in [-0.3, -0.25) is 0 Å². The van der Waals surface area contributed by atoms with Crippen LogP contribution in [0.3, 0.4) is 0 Å². The minimum atomic E-state index is -0.747. The molecule has 0 fully saturated rings. The molecule has 0 radical (unpaired) electrons. The third kappa shape index (κ3) is 3.90. The number of carbonyl (C=O) groups is 1. The standard InChI is InChI=1S/C20H20N2O6/c1-12(27-20(23)15-6-5-7-16(25-3)17(15)26-4)18-21-22-19(28-18)13-8-10-14(24-2)11-9-13/h5-12H,1-4H3/t12-/m0/s1. The maximum atomic E-state index is 12.6. The first-order valence-electron chi connectivity index (χ1n) is 8.47. The number of rotatable bonds is 7. The lowest BCUT2D eigenvalue weighted by atomic mass is 10.2. The fourth-order valence-corrected chi connectivity index (χ4v) is 2.57. The van der Waals surface area contributed by atoms with E-state index in [-0.39, 0.29) is 11.5 Å². The van der Waals surface area contributed by atoms with Crippen LogP contribution in [0.15, 0.2) is 46.9 Å². The minimum absolute atomic E-state index is 0.182. The second-order valence-corrected chi connectivity index (χ2v) is 5.76. The predicted octanol–water partition coefficient (Wildman–Crippen LogP) is 3.68. The zero-order valence-electron chi connectivity index (χ0n) is 16.0. The van der Waals surface area contributed by atoms with Crippen molar-refractivity contribution in [3.63, 3.8) is 0 Å². The van der Waals surface area contributed by atoms with Crippen molar-refractivity contribution in [1.82, 2.24) is 10.2 Å².